The number of hydrogen-bond donors (Lipinski definition) is 1. The number of carbonyl (C=O) groups is 1. The van der Waals surface area contributed by atoms with Crippen LogP contribution in [0.5, 0.6) is 5.75 Å². The van der Waals surface area contributed by atoms with Gasteiger partial charge in [-0.3, -0.25) is 4.79 Å². The standard InChI is InChI=1S/C21H27N5O2/c1-28-19-8-4-3-7-16(19)18-15-22-11-14-26(18)20(27)17-9-10-23-21(24-17)25-12-5-2-6-13-25/h3-4,7-10,18,22H,2,5-6,11-15H2,1H3. The average Bonchev–Trinajstić information content (AvgIpc) is 2.79. The van der Waals surface area contributed by atoms with Crippen molar-refractivity contribution in [2.75, 3.05) is 44.7 Å². The van der Waals surface area contributed by atoms with E-state index < -0.39 is 0 Å². The fraction of sp³-hybridized carbons (Fsp3) is 0.476. The molecule has 1 N–H and O–H groups in total. The van der Waals surface area contributed by atoms with Crippen LogP contribution < -0.4 is 15.0 Å². The molecule has 7 heteroatoms. The Bertz CT molecular complexity index is 822. The van der Waals surface area contributed by atoms with Crippen LogP contribution in [0.3, 0.4) is 0 Å². The molecule has 148 valence electrons. The van der Waals surface area contributed by atoms with Gasteiger partial charge in [-0.1, -0.05) is 18.2 Å². The lowest BCUT2D eigenvalue weighted by Gasteiger charge is -2.37. The van der Waals surface area contributed by atoms with Gasteiger partial charge in [-0.25, -0.2) is 9.97 Å². The normalized spacial score (nSPS) is 20.1. The zero-order valence-electron chi connectivity index (χ0n) is 16.3. The third-order valence-corrected chi connectivity index (χ3v) is 5.50. The molecule has 2 saturated heterocycles. The molecule has 1 atom stereocenters. The van der Waals surface area contributed by atoms with Gasteiger partial charge in [0.05, 0.1) is 13.2 Å². The molecule has 0 bridgehead atoms. The Morgan fingerprint density at radius 3 is 2.79 bits per heavy atom. The van der Waals surface area contributed by atoms with E-state index in [2.05, 4.69) is 20.2 Å². The Balaban J connectivity index is 1.60. The third kappa shape index (κ3) is 3.80. The summed E-state index contributed by atoms with van der Waals surface area (Å²) < 4.78 is 5.53. The van der Waals surface area contributed by atoms with Gasteiger partial charge in [-0.05, 0) is 31.4 Å². The summed E-state index contributed by atoms with van der Waals surface area (Å²) in [5, 5.41) is 3.39. The molecular formula is C21H27N5O2. The smallest absolute Gasteiger partial charge is 0.273 e. The minimum Gasteiger partial charge on any atom is -0.496 e. The molecule has 0 spiro atoms. The Kier molecular flexibility index (Phi) is 5.71. The van der Waals surface area contributed by atoms with Gasteiger partial charge in [-0.15, -0.1) is 0 Å². The highest BCUT2D eigenvalue weighted by Crippen LogP contribution is 2.31. The van der Waals surface area contributed by atoms with E-state index in [4.69, 9.17) is 4.74 Å². The first-order chi connectivity index (χ1) is 13.8. The van der Waals surface area contributed by atoms with Crippen molar-refractivity contribution in [1.82, 2.24) is 20.2 Å². The number of methoxy groups -OCH3 is 1. The highest BCUT2D eigenvalue weighted by atomic mass is 16.5. The van der Waals surface area contributed by atoms with Crippen molar-refractivity contribution in [3.05, 3.63) is 47.8 Å². The Morgan fingerprint density at radius 1 is 1.14 bits per heavy atom. The first-order valence-corrected chi connectivity index (χ1v) is 10.0. The van der Waals surface area contributed by atoms with E-state index in [-0.39, 0.29) is 11.9 Å². The lowest BCUT2D eigenvalue weighted by atomic mass is 10.0. The number of amides is 1. The summed E-state index contributed by atoms with van der Waals surface area (Å²) in [6, 6.07) is 9.51. The molecule has 3 heterocycles. The molecule has 2 aromatic rings. The number of para-hydroxylation sites is 1. The summed E-state index contributed by atoms with van der Waals surface area (Å²) in [7, 11) is 1.66. The van der Waals surface area contributed by atoms with Crippen molar-refractivity contribution >= 4 is 11.9 Å². The molecule has 2 aliphatic rings. The molecule has 2 aliphatic heterocycles. The molecule has 28 heavy (non-hydrogen) atoms. The number of nitrogens with one attached hydrogen (secondary N) is 1. The maximum absolute atomic E-state index is 13.4. The van der Waals surface area contributed by atoms with Gasteiger partial charge in [-0.2, -0.15) is 0 Å². The quantitative estimate of drug-likeness (QED) is 0.876. The minimum atomic E-state index is -0.0919. The zero-order valence-corrected chi connectivity index (χ0v) is 16.3. The summed E-state index contributed by atoms with van der Waals surface area (Å²) in [6.45, 7) is 3.99. The van der Waals surface area contributed by atoms with Crippen LogP contribution >= 0.6 is 0 Å². The average molecular weight is 381 g/mol. The van der Waals surface area contributed by atoms with Crippen molar-refractivity contribution in [2.24, 2.45) is 0 Å². The Morgan fingerprint density at radius 2 is 1.96 bits per heavy atom. The molecular weight excluding hydrogens is 354 g/mol. The highest BCUT2D eigenvalue weighted by molar-refractivity contribution is 5.93. The second-order valence-electron chi connectivity index (χ2n) is 7.25. The van der Waals surface area contributed by atoms with E-state index in [1.54, 1.807) is 19.4 Å². The van der Waals surface area contributed by atoms with Crippen LogP contribution in [0.15, 0.2) is 36.5 Å². The van der Waals surface area contributed by atoms with Crippen LogP contribution in [-0.4, -0.2) is 60.6 Å². The lowest BCUT2D eigenvalue weighted by Crippen LogP contribution is -2.49. The van der Waals surface area contributed by atoms with E-state index in [1.165, 1.54) is 6.42 Å². The predicted octanol–water partition coefficient (Wildman–Crippen LogP) is 2.26. The first-order valence-electron chi connectivity index (χ1n) is 10.0. The zero-order chi connectivity index (χ0) is 19.3. The molecule has 4 rings (SSSR count). The topological polar surface area (TPSA) is 70.6 Å². The Labute approximate surface area is 165 Å². The van der Waals surface area contributed by atoms with Crippen molar-refractivity contribution in [1.29, 1.82) is 0 Å². The predicted molar refractivity (Wildman–Crippen MR) is 108 cm³/mol. The SMILES string of the molecule is COc1ccccc1C1CNCCN1C(=O)c1ccnc(N2CCCCC2)n1. The summed E-state index contributed by atoms with van der Waals surface area (Å²) in [5.74, 6) is 1.40. The van der Waals surface area contributed by atoms with E-state index >= 15 is 0 Å². The van der Waals surface area contributed by atoms with E-state index in [9.17, 15) is 4.79 Å². The van der Waals surface area contributed by atoms with Crippen LogP contribution in [-0.2, 0) is 0 Å². The molecule has 1 aromatic heterocycles. The number of hydrogen-bond acceptors (Lipinski definition) is 6. The summed E-state index contributed by atoms with van der Waals surface area (Å²) in [4.78, 5) is 26.5. The van der Waals surface area contributed by atoms with Crippen molar-refractivity contribution < 1.29 is 9.53 Å². The second kappa shape index (κ2) is 8.56. The number of piperazine rings is 1. The van der Waals surface area contributed by atoms with Crippen molar-refractivity contribution in [3.63, 3.8) is 0 Å². The largest absolute Gasteiger partial charge is 0.496 e. The van der Waals surface area contributed by atoms with Gasteiger partial charge in [0.1, 0.15) is 11.4 Å². The number of rotatable bonds is 4. The molecule has 1 amide bonds. The van der Waals surface area contributed by atoms with E-state index in [0.29, 0.717) is 24.7 Å². The third-order valence-electron chi connectivity index (χ3n) is 5.50. The van der Waals surface area contributed by atoms with Crippen molar-refractivity contribution in [3.8, 4) is 5.75 Å². The number of carbonyl (C=O) groups excluding carboxylic acids is 1. The van der Waals surface area contributed by atoms with E-state index in [1.807, 2.05) is 29.2 Å². The first kappa shape index (κ1) is 18.7. The van der Waals surface area contributed by atoms with Crippen LogP contribution in [0.2, 0.25) is 0 Å². The maximum Gasteiger partial charge on any atom is 0.273 e. The number of piperidine rings is 1. The van der Waals surface area contributed by atoms with Gasteiger partial charge in [0.2, 0.25) is 5.95 Å². The minimum absolute atomic E-state index is 0.0573. The molecule has 2 fully saturated rings. The lowest BCUT2D eigenvalue weighted by molar-refractivity contribution is 0.0625. The number of ether oxygens (including phenoxy) is 1. The summed E-state index contributed by atoms with van der Waals surface area (Å²) in [6.07, 6.45) is 5.24. The number of nitrogens with zero attached hydrogens (tertiary/aromatic N) is 4. The van der Waals surface area contributed by atoms with Gasteiger partial charge >= 0.3 is 0 Å². The fourth-order valence-corrected chi connectivity index (χ4v) is 4.03. The molecule has 1 aromatic carbocycles. The van der Waals surface area contributed by atoms with Gasteiger partial charge in [0.25, 0.3) is 5.91 Å². The molecule has 0 saturated carbocycles. The van der Waals surface area contributed by atoms with Crippen LogP contribution in [0, 0.1) is 0 Å². The monoisotopic (exact) mass is 381 g/mol. The maximum atomic E-state index is 13.4. The molecule has 7 nitrogen and oxygen atoms in total. The van der Waals surface area contributed by atoms with Crippen LogP contribution in [0.1, 0.15) is 41.4 Å². The van der Waals surface area contributed by atoms with Crippen LogP contribution in [0.25, 0.3) is 0 Å². The van der Waals surface area contributed by atoms with Gasteiger partial charge < -0.3 is 19.9 Å². The van der Waals surface area contributed by atoms with E-state index in [0.717, 1.165) is 43.8 Å². The number of benzene rings is 1. The number of anilines is 1. The molecule has 0 radical (unpaired) electrons. The van der Waals surface area contributed by atoms with Gasteiger partial charge in [0, 0.05) is 44.5 Å². The summed E-state index contributed by atoms with van der Waals surface area (Å²) in [5.41, 5.74) is 1.47. The van der Waals surface area contributed by atoms with Gasteiger partial charge in [0.15, 0.2) is 0 Å². The summed E-state index contributed by atoms with van der Waals surface area (Å²) >= 11 is 0. The highest BCUT2D eigenvalue weighted by Gasteiger charge is 2.31. The number of aromatic nitrogens is 2. The molecule has 1 unspecified atom stereocenters. The van der Waals surface area contributed by atoms with Crippen molar-refractivity contribution in [2.45, 2.75) is 25.3 Å². The van der Waals surface area contributed by atoms with Crippen LogP contribution in [0.4, 0.5) is 5.95 Å². The second-order valence-corrected chi connectivity index (χ2v) is 7.25. The fourth-order valence-electron chi connectivity index (χ4n) is 4.03. The molecule has 0 aliphatic carbocycles. The Hall–Kier alpha value is -2.67.